The Morgan fingerprint density at radius 1 is 1.29 bits per heavy atom. The van der Waals surface area contributed by atoms with Crippen molar-refractivity contribution in [2.75, 3.05) is 32.8 Å². The highest BCUT2D eigenvalue weighted by Crippen LogP contribution is 2.25. The quantitative estimate of drug-likeness (QED) is 0.600. The molecule has 6 nitrogen and oxygen atoms in total. The van der Waals surface area contributed by atoms with Gasteiger partial charge >= 0.3 is 0 Å². The minimum absolute atomic E-state index is 0.0642. The van der Waals surface area contributed by atoms with Crippen LogP contribution in [0.5, 0.6) is 0 Å². The summed E-state index contributed by atoms with van der Waals surface area (Å²) in [6.07, 6.45) is 2.72. The van der Waals surface area contributed by atoms with Gasteiger partial charge in [-0.1, -0.05) is 6.42 Å². The van der Waals surface area contributed by atoms with Crippen LogP contribution in [0.2, 0.25) is 0 Å². The molecule has 2 aliphatic rings. The minimum atomic E-state index is -3.38. The number of rotatable bonds is 4. The second kappa shape index (κ2) is 5.62. The lowest BCUT2D eigenvalue weighted by atomic mass is 10.1. The van der Waals surface area contributed by atoms with Gasteiger partial charge in [0.2, 0.25) is 0 Å². The van der Waals surface area contributed by atoms with E-state index in [2.05, 4.69) is 10.0 Å². The van der Waals surface area contributed by atoms with Gasteiger partial charge in [-0.05, 0) is 18.8 Å². The van der Waals surface area contributed by atoms with Gasteiger partial charge in [0.05, 0.1) is 0 Å². The van der Waals surface area contributed by atoms with Crippen LogP contribution in [0.1, 0.15) is 19.3 Å². The predicted octanol–water partition coefficient (Wildman–Crippen LogP) is -1.11. The third-order valence-electron chi connectivity index (χ3n) is 3.61. The number of hydrogen-bond donors (Lipinski definition) is 3. The van der Waals surface area contributed by atoms with E-state index < -0.39 is 10.2 Å². The molecular formula is C10H21N3O3S. The van der Waals surface area contributed by atoms with E-state index in [1.165, 1.54) is 4.31 Å². The number of aliphatic hydroxyl groups excluding tert-OH is 1. The van der Waals surface area contributed by atoms with Crippen molar-refractivity contribution in [3.63, 3.8) is 0 Å². The Labute approximate surface area is 103 Å². The van der Waals surface area contributed by atoms with E-state index in [-0.39, 0.29) is 18.6 Å². The molecule has 0 aromatic carbocycles. The average Bonchev–Trinajstić information content (AvgIpc) is 2.77. The predicted molar refractivity (Wildman–Crippen MR) is 64.7 cm³/mol. The van der Waals surface area contributed by atoms with Crippen molar-refractivity contribution in [1.29, 1.82) is 0 Å². The summed E-state index contributed by atoms with van der Waals surface area (Å²) in [5, 5.41) is 12.3. The SMILES string of the molecule is O=S(=O)(NC1CCCC1CO)N1CCNCC1. The number of hydrogen-bond acceptors (Lipinski definition) is 4. The smallest absolute Gasteiger partial charge is 0.279 e. The van der Waals surface area contributed by atoms with Crippen molar-refractivity contribution in [2.24, 2.45) is 5.92 Å². The topological polar surface area (TPSA) is 81.7 Å². The van der Waals surface area contributed by atoms with E-state index in [1.54, 1.807) is 0 Å². The molecule has 1 saturated carbocycles. The molecular weight excluding hydrogens is 242 g/mol. The first kappa shape index (κ1) is 13.2. The van der Waals surface area contributed by atoms with Crippen LogP contribution in [-0.4, -0.2) is 56.7 Å². The summed E-state index contributed by atoms with van der Waals surface area (Å²) in [5.41, 5.74) is 0. The molecule has 0 radical (unpaired) electrons. The number of nitrogens with zero attached hydrogens (tertiary/aromatic N) is 1. The van der Waals surface area contributed by atoms with Gasteiger partial charge in [0.25, 0.3) is 10.2 Å². The lowest BCUT2D eigenvalue weighted by Gasteiger charge is -2.29. The summed E-state index contributed by atoms with van der Waals surface area (Å²) in [7, 11) is -3.38. The molecule has 0 amide bonds. The first-order valence-corrected chi connectivity index (χ1v) is 7.66. The summed E-state index contributed by atoms with van der Waals surface area (Å²) in [6.45, 7) is 2.51. The van der Waals surface area contributed by atoms with E-state index in [0.717, 1.165) is 19.3 Å². The molecule has 2 fully saturated rings. The van der Waals surface area contributed by atoms with Crippen LogP contribution in [0.25, 0.3) is 0 Å². The molecule has 1 aliphatic carbocycles. The second-order valence-electron chi connectivity index (χ2n) is 4.75. The fraction of sp³-hybridized carbons (Fsp3) is 1.00. The Kier molecular flexibility index (Phi) is 4.37. The molecule has 0 aromatic rings. The van der Waals surface area contributed by atoms with Crippen LogP contribution < -0.4 is 10.0 Å². The zero-order valence-electron chi connectivity index (χ0n) is 9.93. The highest BCUT2D eigenvalue weighted by molar-refractivity contribution is 7.87. The van der Waals surface area contributed by atoms with E-state index >= 15 is 0 Å². The van der Waals surface area contributed by atoms with Crippen molar-refractivity contribution in [1.82, 2.24) is 14.3 Å². The van der Waals surface area contributed by atoms with Crippen molar-refractivity contribution >= 4 is 10.2 Å². The third kappa shape index (κ3) is 3.17. The van der Waals surface area contributed by atoms with E-state index in [4.69, 9.17) is 0 Å². The minimum Gasteiger partial charge on any atom is -0.396 e. The van der Waals surface area contributed by atoms with Crippen molar-refractivity contribution in [2.45, 2.75) is 25.3 Å². The van der Waals surface area contributed by atoms with Crippen LogP contribution in [-0.2, 0) is 10.2 Å². The van der Waals surface area contributed by atoms with Crippen LogP contribution >= 0.6 is 0 Å². The third-order valence-corrected chi connectivity index (χ3v) is 5.26. The summed E-state index contributed by atoms with van der Waals surface area (Å²) < 4.78 is 28.4. The Bertz CT molecular complexity index is 341. The van der Waals surface area contributed by atoms with Crippen molar-refractivity contribution in [3.8, 4) is 0 Å². The first-order valence-electron chi connectivity index (χ1n) is 6.22. The van der Waals surface area contributed by atoms with Gasteiger partial charge in [-0.2, -0.15) is 17.4 Å². The lowest BCUT2D eigenvalue weighted by molar-refractivity contribution is 0.212. The standard InChI is InChI=1S/C10H21N3O3S/c14-8-9-2-1-3-10(9)12-17(15,16)13-6-4-11-5-7-13/h9-12,14H,1-8H2. The van der Waals surface area contributed by atoms with Crippen molar-refractivity contribution < 1.29 is 13.5 Å². The Balaban J connectivity index is 1.96. The van der Waals surface area contributed by atoms with E-state index in [1.807, 2.05) is 0 Å². The molecule has 2 atom stereocenters. The highest BCUT2D eigenvalue weighted by atomic mass is 32.2. The Morgan fingerprint density at radius 3 is 2.65 bits per heavy atom. The average molecular weight is 263 g/mol. The number of aliphatic hydroxyl groups is 1. The molecule has 2 rings (SSSR count). The van der Waals surface area contributed by atoms with Gasteiger partial charge in [-0.15, -0.1) is 0 Å². The van der Waals surface area contributed by atoms with E-state index in [9.17, 15) is 13.5 Å². The Morgan fingerprint density at radius 2 is 2.00 bits per heavy atom. The summed E-state index contributed by atoms with van der Waals surface area (Å²) in [4.78, 5) is 0. The van der Waals surface area contributed by atoms with Gasteiger partial charge in [-0.3, -0.25) is 0 Å². The molecule has 0 bridgehead atoms. The molecule has 1 saturated heterocycles. The Hall–Kier alpha value is -0.210. The van der Waals surface area contributed by atoms with Gasteiger partial charge in [-0.25, -0.2) is 0 Å². The van der Waals surface area contributed by atoms with Gasteiger partial charge in [0.1, 0.15) is 0 Å². The maximum absolute atomic E-state index is 12.1. The van der Waals surface area contributed by atoms with Gasteiger partial charge in [0, 0.05) is 38.8 Å². The summed E-state index contributed by atoms with van der Waals surface area (Å²) in [5.74, 6) is 0.0766. The van der Waals surface area contributed by atoms with Crippen LogP contribution in [0.3, 0.4) is 0 Å². The molecule has 2 unspecified atom stereocenters. The highest BCUT2D eigenvalue weighted by Gasteiger charge is 2.33. The summed E-state index contributed by atoms with van der Waals surface area (Å²) >= 11 is 0. The number of piperazine rings is 1. The first-order chi connectivity index (χ1) is 8.13. The molecule has 17 heavy (non-hydrogen) atoms. The van der Waals surface area contributed by atoms with Gasteiger partial charge < -0.3 is 10.4 Å². The molecule has 1 aliphatic heterocycles. The molecule has 7 heteroatoms. The maximum atomic E-state index is 12.1. The van der Waals surface area contributed by atoms with Crippen LogP contribution in [0, 0.1) is 5.92 Å². The monoisotopic (exact) mass is 263 g/mol. The normalized spacial score (nSPS) is 31.8. The molecule has 1 heterocycles. The molecule has 3 N–H and O–H groups in total. The molecule has 0 spiro atoms. The fourth-order valence-electron chi connectivity index (χ4n) is 2.56. The fourth-order valence-corrected chi connectivity index (χ4v) is 4.07. The van der Waals surface area contributed by atoms with Crippen LogP contribution in [0.4, 0.5) is 0 Å². The number of nitrogens with one attached hydrogen (secondary N) is 2. The second-order valence-corrected chi connectivity index (χ2v) is 6.45. The maximum Gasteiger partial charge on any atom is 0.279 e. The van der Waals surface area contributed by atoms with Crippen molar-refractivity contribution in [3.05, 3.63) is 0 Å². The van der Waals surface area contributed by atoms with Gasteiger partial charge in [0.15, 0.2) is 0 Å². The molecule has 100 valence electrons. The zero-order valence-corrected chi connectivity index (χ0v) is 10.7. The summed E-state index contributed by atoms with van der Waals surface area (Å²) in [6, 6.07) is -0.0973. The molecule has 0 aromatic heterocycles. The largest absolute Gasteiger partial charge is 0.396 e. The lowest BCUT2D eigenvalue weighted by Crippen LogP contribution is -2.53. The van der Waals surface area contributed by atoms with Crippen LogP contribution in [0.15, 0.2) is 0 Å². The van der Waals surface area contributed by atoms with E-state index in [0.29, 0.717) is 26.2 Å². The zero-order chi connectivity index (χ0) is 12.3.